The minimum Gasteiger partial charge on any atom is -0.113 e. The highest BCUT2D eigenvalue weighted by molar-refractivity contribution is 7.79. The van der Waals surface area contributed by atoms with E-state index in [9.17, 15) is 0 Å². The summed E-state index contributed by atoms with van der Waals surface area (Å²) in [6.07, 6.45) is 0. The average molecular weight is 620 g/mol. The quantitative estimate of drug-likeness (QED) is 0.143. The number of hydrogen-bond acceptors (Lipinski definition) is 0. The summed E-state index contributed by atoms with van der Waals surface area (Å²) in [5.74, 6) is 0. The lowest BCUT2D eigenvalue weighted by atomic mass is 9.70. The molecule has 0 spiro atoms. The Bertz CT molecular complexity index is 2660. The summed E-state index contributed by atoms with van der Waals surface area (Å²) < 4.78 is 5.02. The van der Waals surface area contributed by atoms with Gasteiger partial charge in [-0.2, -0.15) is 0 Å². The predicted molar refractivity (Wildman–Crippen MR) is 199 cm³/mol. The van der Waals surface area contributed by atoms with Crippen molar-refractivity contribution in [3.8, 4) is 0 Å². The Labute approximate surface area is 274 Å². The molecule has 0 bridgehead atoms. The molecule has 0 atom stereocenters. The maximum Gasteiger partial charge on any atom is 0.258 e. The van der Waals surface area contributed by atoms with Crippen LogP contribution in [-0.4, -0.2) is 4.68 Å². The van der Waals surface area contributed by atoms with E-state index in [2.05, 4.69) is 181 Å². The summed E-state index contributed by atoms with van der Waals surface area (Å²) in [5.41, 5.74) is 7.83. The van der Waals surface area contributed by atoms with Gasteiger partial charge in [0.05, 0.1) is 5.56 Å². The first kappa shape index (κ1) is 26.9. The summed E-state index contributed by atoms with van der Waals surface area (Å²) in [6, 6.07) is 58.6. The van der Waals surface area contributed by atoms with Crippen molar-refractivity contribution < 1.29 is 0 Å². The molecule has 0 saturated carbocycles. The third-order valence-corrected chi connectivity index (χ3v) is 12.8. The van der Waals surface area contributed by atoms with Crippen molar-refractivity contribution >= 4 is 62.1 Å². The normalized spacial score (nSPS) is 14.4. The number of fused-ring (bicyclic) bond motifs is 7. The molecule has 10 rings (SSSR count). The molecular formula is C44H32N2P+. The lowest BCUT2D eigenvalue weighted by Crippen LogP contribution is -2.59. The molecule has 222 valence electrons. The van der Waals surface area contributed by atoms with Crippen molar-refractivity contribution in [2.75, 3.05) is 0 Å². The van der Waals surface area contributed by atoms with Crippen molar-refractivity contribution in [3.63, 3.8) is 0 Å². The summed E-state index contributed by atoms with van der Waals surface area (Å²) in [4.78, 5) is 0. The fraction of sp³-hybridized carbons (Fsp3) is 0.0682. The van der Waals surface area contributed by atoms with Gasteiger partial charge in [0.15, 0.2) is 0 Å². The first-order chi connectivity index (χ1) is 23.1. The van der Waals surface area contributed by atoms with Crippen LogP contribution in [0.3, 0.4) is 0 Å². The van der Waals surface area contributed by atoms with Crippen molar-refractivity contribution in [1.29, 1.82) is 0 Å². The first-order valence-corrected chi connectivity index (χ1v) is 17.7. The van der Waals surface area contributed by atoms with E-state index < -0.39 is 7.92 Å². The van der Waals surface area contributed by atoms with Crippen LogP contribution in [0.5, 0.6) is 0 Å². The topological polar surface area (TPSA) is 7.94 Å². The summed E-state index contributed by atoms with van der Waals surface area (Å²) in [5, 5.41) is 11.8. The van der Waals surface area contributed by atoms with Gasteiger partial charge in [0.1, 0.15) is 16.3 Å². The summed E-state index contributed by atoms with van der Waals surface area (Å²) >= 11 is 0. The molecule has 1 aliphatic carbocycles. The molecule has 8 aromatic rings. The Morgan fingerprint density at radius 2 is 1.21 bits per heavy atom. The molecule has 0 N–H and O–H groups in total. The third kappa shape index (κ3) is 3.68. The fourth-order valence-corrected chi connectivity index (χ4v) is 10.5. The van der Waals surface area contributed by atoms with Gasteiger partial charge in [-0.3, -0.25) is 0 Å². The van der Waals surface area contributed by atoms with E-state index in [-0.39, 0.29) is 5.41 Å². The first-order valence-electron chi connectivity index (χ1n) is 16.4. The van der Waals surface area contributed by atoms with E-state index in [4.69, 9.17) is 0 Å². The highest BCUT2D eigenvalue weighted by atomic mass is 31.1. The molecule has 7 aromatic carbocycles. The van der Waals surface area contributed by atoms with Crippen molar-refractivity contribution in [2.24, 2.45) is 0 Å². The van der Waals surface area contributed by atoms with Gasteiger partial charge in [-0.15, -0.1) is 4.68 Å². The van der Waals surface area contributed by atoms with Crippen LogP contribution >= 0.6 is 7.92 Å². The minimum atomic E-state index is -0.728. The van der Waals surface area contributed by atoms with E-state index in [1.54, 1.807) is 0 Å². The van der Waals surface area contributed by atoms with Gasteiger partial charge in [0, 0.05) is 27.6 Å². The minimum absolute atomic E-state index is 0.0635. The van der Waals surface area contributed by atoms with E-state index in [0.717, 1.165) is 0 Å². The van der Waals surface area contributed by atoms with Crippen molar-refractivity contribution in [3.05, 3.63) is 185 Å². The second kappa shape index (κ2) is 9.85. The fourth-order valence-electron chi connectivity index (χ4n) is 8.19. The molecule has 1 aliphatic heterocycles. The molecule has 2 nitrogen and oxygen atoms in total. The Morgan fingerprint density at radius 1 is 0.532 bits per heavy atom. The van der Waals surface area contributed by atoms with E-state index in [1.807, 2.05) is 0 Å². The Balaban J connectivity index is 1.32. The molecule has 2 aliphatic rings. The number of rotatable bonds is 4. The molecule has 0 radical (unpaired) electrons. The zero-order valence-electron chi connectivity index (χ0n) is 26.4. The SMILES string of the molecule is CC1(C)c2ccccc2C2=c3c1cccc3=[N+]2n1c2ccc(P(c3ccccc3)c3ccccc3)cc2c2ccc3ccccc3c21. The van der Waals surface area contributed by atoms with Crippen LogP contribution in [0.1, 0.15) is 30.5 Å². The molecule has 2 heterocycles. The largest absolute Gasteiger partial charge is 0.258 e. The van der Waals surface area contributed by atoms with Crippen LogP contribution in [0, 0.1) is 0 Å². The molecule has 47 heavy (non-hydrogen) atoms. The van der Waals surface area contributed by atoms with Crippen LogP contribution in [0.2, 0.25) is 0 Å². The zero-order valence-corrected chi connectivity index (χ0v) is 27.2. The number of nitrogens with zero attached hydrogens (tertiary/aromatic N) is 2. The Morgan fingerprint density at radius 3 is 2.00 bits per heavy atom. The van der Waals surface area contributed by atoms with Gasteiger partial charge < -0.3 is 0 Å². The Hall–Kier alpha value is -5.30. The van der Waals surface area contributed by atoms with Gasteiger partial charge in [-0.1, -0.05) is 152 Å². The summed E-state index contributed by atoms with van der Waals surface area (Å²) in [7, 11) is -0.728. The van der Waals surface area contributed by atoms with Crippen LogP contribution in [0.15, 0.2) is 158 Å². The van der Waals surface area contributed by atoms with Crippen LogP contribution in [0.25, 0.3) is 38.3 Å². The predicted octanol–water partition coefficient (Wildman–Crippen LogP) is 7.47. The Kier molecular flexibility index (Phi) is 5.63. The third-order valence-electron chi connectivity index (χ3n) is 10.3. The van der Waals surface area contributed by atoms with Gasteiger partial charge in [-0.05, 0) is 58.5 Å². The van der Waals surface area contributed by atoms with E-state index >= 15 is 0 Å². The summed E-state index contributed by atoms with van der Waals surface area (Å²) in [6.45, 7) is 4.74. The van der Waals surface area contributed by atoms with Crippen molar-refractivity contribution in [1.82, 2.24) is 9.36 Å². The van der Waals surface area contributed by atoms with Gasteiger partial charge >= 0.3 is 0 Å². The molecule has 0 saturated heterocycles. The van der Waals surface area contributed by atoms with E-state index in [0.29, 0.717) is 0 Å². The van der Waals surface area contributed by atoms with E-state index in [1.165, 1.54) is 81.5 Å². The zero-order chi connectivity index (χ0) is 31.3. The van der Waals surface area contributed by atoms with Gasteiger partial charge in [0.25, 0.3) is 11.1 Å². The standard InChI is InChI=1S/C44H32N2P/c1-44(2)37-21-12-11-20-35(37)43-41-38(44)22-13-23-40(41)46(43)45-39-27-25-32(47(30-15-5-3-6-16-30)31-17-7-4-8-18-31)28-36(39)34-26-24-29-14-9-10-19-33(29)42(34)45/h3-28H,1-2H3/q+1. The molecule has 3 heteroatoms. The molecule has 1 aromatic heterocycles. The average Bonchev–Trinajstić information content (AvgIpc) is 3.43. The second-order valence-corrected chi connectivity index (χ2v) is 15.5. The molecule has 0 fully saturated rings. The number of hydrogen-bond donors (Lipinski definition) is 0. The lowest BCUT2D eigenvalue weighted by Gasteiger charge is -2.34. The number of aromatic nitrogens is 1. The van der Waals surface area contributed by atoms with Crippen LogP contribution in [-0.2, 0) is 5.41 Å². The van der Waals surface area contributed by atoms with Gasteiger partial charge in [0.2, 0.25) is 0 Å². The second-order valence-electron chi connectivity index (χ2n) is 13.2. The van der Waals surface area contributed by atoms with Crippen molar-refractivity contribution in [2.45, 2.75) is 19.3 Å². The van der Waals surface area contributed by atoms with Crippen LogP contribution < -0.4 is 31.2 Å². The molecule has 0 amide bonds. The smallest absolute Gasteiger partial charge is 0.113 e. The maximum absolute atomic E-state index is 2.51. The van der Waals surface area contributed by atoms with Crippen LogP contribution in [0.4, 0.5) is 0 Å². The highest BCUT2D eigenvalue weighted by Crippen LogP contribution is 2.42. The molecule has 0 unspecified atom stereocenters. The monoisotopic (exact) mass is 619 g/mol. The highest BCUT2D eigenvalue weighted by Gasteiger charge is 2.44. The molecular weight excluding hydrogens is 587 g/mol. The lowest BCUT2D eigenvalue weighted by molar-refractivity contribution is 0.569. The van der Waals surface area contributed by atoms with Gasteiger partial charge in [-0.25, -0.2) is 0 Å². The number of benzene rings is 7. The maximum atomic E-state index is 2.51.